The van der Waals surface area contributed by atoms with Crippen LogP contribution in [0, 0.1) is 0 Å². The Bertz CT molecular complexity index is 1310. The number of halogens is 4. The van der Waals surface area contributed by atoms with E-state index < -0.39 is 5.97 Å². The first-order valence-electron chi connectivity index (χ1n) is 11.5. The van der Waals surface area contributed by atoms with Gasteiger partial charge in [-0.2, -0.15) is 0 Å². The highest BCUT2D eigenvalue weighted by Gasteiger charge is 2.20. The van der Waals surface area contributed by atoms with Gasteiger partial charge in [0.2, 0.25) is 6.33 Å². The van der Waals surface area contributed by atoms with Gasteiger partial charge in [0.15, 0.2) is 0 Å². The van der Waals surface area contributed by atoms with Gasteiger partial charge >= 0.3 is 0 Å². The first-order valence-corrected chi connectivity index (χ1v) is 13.0. The Morgan fingerprint density at radius 2 is 1.62 bits per heavy atom. The SMILES string of the molecule is CC(=O)[O-].Clc1ccc(COC(C[n+]2ccn(CCc3ccccc3)c2)c2ccc(Cl)cc2Cl)c(Cl)c1. The molecule has 0 bridgehead atoms. The van der Waals surface area contributed by atoms with Crippen LogP contribution in [-0.4, -0.2) is 10.5 Å². The number of ether oxygens (including phenoxy) is 1. The number of carboxylic acids is 1. The minimum Gasteiger partial charge on any atom is -0.550 e. The number of nitrogens with zero attached hydrogens (tertiary/aromatic N) is 2. The van der Waals surface area contributed by atoms with E-state index in [0.717, 1.165) is 31.0 Å². The number of carbonyl (C=O) groups excluding carboxylic acids is 1. The number of imidazole rings is 1. The van der Waals surface area contributed by atoms with E-state index in [4.69, 9.17) is 61.0 Å². The molecule has 0 aliphatic heterocycles. The Balaban J connectivity index is 0.000000886. The molecule has 0 saturated heterocycles. The van der Waals surface area contributed by atoms with Crippen molar-refractivity contribution >= 4 is 52.4 Å². The standard InChI is InChI=1S/C26H23Cl4N2O.C2H4O2/c27-21-7-6-20(24(29)14-21)17-33-26(23-9-8-22(28)15-25(23)30)16-32-13-12-31(18-32)11-10-19-4-2-1-3-5-19;1-2(3)4/h1-9,12-15,18,26H,10-11,16-17H2;1H3,(H,3,4)/q+1;/p-1. The summed E-state index contributed by atoms with van der Waals surface area (Å²) < 4.78 is 10.6. The molecule has 1 aromatic heterocycles. The number of aromatic nitrogens is 2. The zero-order chi connectivity index (χ0) is 26.8. The lowest BCUT2D eigenvalue weighted by Crippen LogP contribution is -2.35. The molecule has 0 radical (unpaired) electrons. The maximum absolute atomic E-state index is 8.89. The maximum atomic E-state index is 8.89. The topological polar surface area (TPSA) is 58.2 Å². The van der Waals surface area contributed by atoms with Crippen LogP contribution in [0.25, 0.3) is 0 Å². The molecule has 9 heteroatoms. The van der Waals surface area contributed by atoms with Crippen molar-refractivity contribution in [3.05, 3.63) is 122 Å². The summed E-state index contributed by atoms with van der Waals surface area (Å²) in [6.45, 7) is 2.78. The summed E-state index contributed by atoms with van der Waals surface area (Å²) >= 11 is 25.0. The van der Waals surface area contributed by atoms with E-state index in [2.05, 4.69) is 45.9 Å². The van der Waals surface area contributed by atoms with Crippen molar-refractivity contribution in [2.45, 2.75) is 39.1 Å². The van der Waals surface area contributed by atoms with Crippen LogP contribution in [0.3, 0.4) is 0 Å². The first-order chi connectivity index (χ1) is 17.7. The van der Waals surface area contributed by atoms with E-state index in [9.17, 15) is 0 Å². The highest BCUT2D eigenvalue weighted by Crippen LogP contribution is 2.30. The molecule has 0 aliphatic rings. The molecule has 0 spiro atoms. The van der Waals surface area contributed by atoms with E-state index in [1.54, 1.807) is 18.2 Å². The molecular formula is C28H26Cl4N2O3. The van der Waals surface area contributed by atoms with Crippen molar-refractivity contribution < 1.29 is 19.2 Å². The van der Waals surface area contributed by atoms with Gasteiger partial charge in [-0.15, -0.1) is 0 Å². The number of rotatable bonds is 9. The van der Waals surface area contributed by atoms with Crippen molar-refractivity contribution in [2.24, 2.45) is 0 Å². The number of carbonyl (C=O) groups is 1. The Kier molecular flexibility index (Phi) is 11.3. The van der Waals surface area contributed by atoms with Gasteiger partial charge < -0.3 is 14.6 Å². The van der Waals surface area contributed by atoms with Gasteiger partial charge in [-0.3, -0.25) is 0 Å². The highest BCUT2D eigenvalue weighted by atomic mass is 35.5. The van der Waals surface area contributed by atoms with E-state index in [-0.39, 0.29) is 6.10 Å². The molecule has 0 fully saturated rings. The molecule has 4 rings (SSSR count). The monoisotopic (exact) mass is 578 g/mol. The third-order valence-electron chi connectivity index (χ3n) is 5.39. The summed E-state index contributed by atoms with van der Waals surface area (Å²) in [5.41, 5.74) is 3.05. The van der Waals surface area contributed by atoms with Crippen molar-refractivity contribution in [3.8, 4) is 0 Å². The van der Waals surface area contributed by atoms with E-state index in [1.165, 1.54) is 5.56 Å². The van der Waals surface area contributed by atoms with Crippen molar-refractivity contribution in [2.75, 3.05) is 0 Å². The number of carboxylic acid groups (broad SMARTS) is 1. The Hall–Kier alpha value is -2.54. The zero-order valence-electron chi connectivity index (χ0n) is 20.1. The van der Waals surface area contributed by atoms with Crippen LogP contribution in [-0.2, 0) is 35.6 Å². The van der Waals surface area contributed by atoms with Gasteiger partial charge in [-0.1, -0.05) is 88.9 Å². The quantitative estimate of drug-likeness (QED) is 0.217. The van der Waals surface area contributed by atoms with Gasteiger partial charge in [0.05, 0.1) is 13.2 Å². The third kappa shape index (κ3) is 9.69. The minimum absolute atomic E-state index is 0.295. The average Bonchev–Trinajstić information content (AvgIpc) is 3.29. The van der Waals surface area contributed by atoms with Crippen molar-refractivity contribution in [1.82, 2.24) is 4.57 Å². The summed E-state index contributed by atoms with van der Waals surface area (Å²) in [5, 5.41) is 11.2. The van der Waals surface area contributed by atoms with Gasteiger partial charge in [-0.05, 0) is 42.3 Å². The van der Waals surface area contributed by atoms with E-state index in [1.807, 2.05) is 30.5 Å². The molecule has 1 heterocycles. The molecule has 1 atom stereocenters. The van der Waals surface area contributed by atoms with Crippen LogP contribution < -0.4 is 9.67 Å². The lowest BCUT2D eigenvalue weighted by atomic mass is 10.1. The fraction of sp³-hybridized carbons (Fsp3) is 0.214. The van der Waals surface area contributed by atoms with Crippen molar-refractivity contribution in [1.29, 1.82) is 0 Å². The molecule has 0 saturated carbocycles. The second-order valence-corrected chi connectivity index (χ2v) is 9.96. The molecule has 4 aromatic rings. The Morgan fingerprint density at radius 3 is 2.27 bits per heavy atom. The van der Waals surface area contributed by atoms with Gasteiger partial charge in [0.25, 0.3) is 0 Å². The van der Waals surface area contributed by atoms with E-state index in [0.29, 0.717) is 33.2 Å². The Labute approximate surface area is 236 Å². The fourth-order valence-corrected chi connectivity index (χ4v) is 4.60. The summed E-state index contributed by atoms with van der Waals surface area (Å²) in [6, 6.07) is 21.3. The number of hydrogen-bond acceptors (Lipinski definition) is 3. The maximum Gasteiger partial charge on any atom is 0.243 e. The second-order valence-electron chi connectivity index (χ2n) is 8.28. The minimum atomic E-state index is -1.08. The average molecular weight is 580 g/mol. The second kappa shape index (κ2) is 14.4. The van der Waals surface area contributed by atoms with Gasteiger partial charge in [-0.25, -0.2) is 9.13 Å². The van der Waals surface area contributed by atoms with Gasteiger partial charge in [0, 0.05) is 38.0 Å². The third-order valence-corrected chi connectivity index (χ3v) is 6.54. The molecule has 1 unspecified atom stereocenters. The summed E-state index contributed by atoms with van der Waals surface area (Å²) in [5.74, 6) is -1.08. The smallest absolute Gasteiger partial charge is 0.243 e. The molecule has 37 heavy (non-hydrogen) atoms. The van der Waals surface area contributed by atoms with Crippen molar-refractivity contribution in [3.63, 3.8) is 0 Å². The fourth-order valence-electron chi connectivity index (χ4n) is 3.61. The van der Waals surface area contributed by atoms with Crippen LogP contribution >= 0.6 is 46.4 Å². The number of benzene rings is 3. The lowest BCUT2D eigenvalue weighted by molar-refractivity contribution is -0.704. The molecule has 0 N–H and O–H groups in total. The van der Waals surface area contributed by atoms with E-state index >= 15 is 0 Å². The highest BCUT2D eigenvalue weighted by molar-refractivity contribution is 6.35. The zero-order valence-corrected chi connectivity index (χ0v) is 23.1. The van der Waals surface area contributed by atoms with Crippen LogP contribution in [0.15, 0.2) is 85.5 Å². The number of hydrogen-bond donors (Lipinski definition) is 0. The van der Waals surface area contributed by atoms with Crippen LogP contribution in [0.1, 0.15) is 29.7 Å². The predicted octanol–water partition coefficient (Wildman–Crippen LogP) is 6.35. The normalized spacial score (nSPS) is 11.5. The molecule has 0 amide bonds. The molecule has 5 nitrogen and oxygen atoms in total. The molecular weight excluding hydrogens is 554 g/mol. The summed E-state index contributed by atoms with van der Waals surface area (Å²) in [4.78, 5) is 8.89. The van der Waals surface area contributed by atoms with Crippen LogP contribution in [0.5, 0.6) is 0 Å². The Morgan fingerprint density at radius 1 is 0.973 bits per heavy atom. The van der Waals surface area contributed by atoms with Crippen LogP contribution in [0.4, 0.5) is 0 Å². The first kappa shape index (κ1) is 29.0. The predicted molar refractivity (Wildman–Crippen MR) is 146 cm³/mol. The largest absolute Gasteiger partial charge is 0.550 e. The van der Waals surface area contributed by atoms with Gasteiger partial charge in [0.1, 0.15) is 25.0 Å². The van der Waals surface area contributed by atoms with Crippen LogP contribution in [0.2, 0.25) is 20.1 Å². The summed E-state index contributed by atoms with van der Waals surface area (Å²) in [6.07, 6.45) is 6.86. The number of aryl methyl sites for hydroxylation is 2. The number of aliphatic carboxylic acids is 1. The molecule has 0 aliphatic carbocycles. The molecule has 194 valence electrons. The molecule has 3 aromatic carbocycles. The lowest BCUT2D eigenvalue weighted by Gasteiger charge is -2.19. The summed E-state index contributed by atoms with van der Waals surface area (Å²) in [7, 11) is 0.